The highest BCUT2D eigenvalue weighted by Crippen LogP contribution is 2.10. The van der Waals surface area contributed by atoms with Gasteiger partial charge in [-0.1, -0.05) is 6.92 Å². The summed E-state index contributed by atoms with van der Waals surface area (Å²) in [5.41, 5.74) is 0. The van der Waals surface area contributed by atoms with Gasteiger partial charge in [0.05, 0.1) is 0 Å². The van der Waals surface area contributed by atoms with E-state index in [1.54, 1.807) is 0 Å². The van der Waals surface area contributed by atoms with Crippen LogP contribution in [0, 0.1) is 5.92 Å². The fraction of sp³-hybridized carbons (Fsp3) is 0.889. The van der Waals surface area contributed by atoms with Gasteiger partial charge in [-0.15, -0.1) is 11.6 Å². The van der Waals surface area contributed by atoms with Crippen LogP contribution in [0.1, 0.15) is 27.7 Å². The Bertz CT molecular complexity index is 171. The zero-order valence-corrected chi connectivity index (χ0v) is 9.35. The van der Waals surface area contributed by atoms with E-state index in [2.05, 4.69) is 5.32 Å². The van der Waals surface area contributed by atoms with Crippen LogP contribution >= 0.6 is 11.6 Å². The van der Waals surface area contributed by atoms with E-state index in [0.29, 0.717) is 5.92 Å². The van der Waals surface area contributed by atoms with Gasteiger partial charge in [-0.3, -0.25) is 4.79 Å². The Hall–Kier alpha value is -0.280. The molecule has 0 spiro atoms. The Morgan fingerprint density at radius 1 is 1.54 bits per heavy atom. The maximum atomic E-state index is 10.1. The number of carbonyl (C=O) groups is 1. The topological polar surface area (TPSA) is 49.3 Å². The summed E-state index contributed by atoms with van der Waals surface area (Å²) >= 11 is 5.53. The van der Waals surface area contributed by atoms with Crippen LogP contribution < -0.4 is 5.32 Å². The smallest absolute Gasteiger partial charge is 0.321 e. The average Bonchev–Trinajstić information content (AvgIpc) is 1.79. The van der Waals surface area contributed by atoms with Crippen molar-refractivity contribution in [2.24, 2.45) is 5.92 Å². The Balaban J connectivity index is 0.000000252. The van der Waals surface area contributed by atoms with Crippen molar-refractivity contribution in [3.63, 3.8) is 0 Å². The minimum Gasteiger partial charge on any atom is -0.480 e. The number of rotatable bonds is 1. The summed E-state index contributed by atoms with van der Waals surface area (Å²) in [7, 11) is 0. The summed E-state index contributed by atoms with van der Waals surface area (Å²) in [6.07, 6.45) is 0. The minimum atomic E-state index is -0.733. The van der Waals surface area contributed by atoms with Crippen molar-refractivity contribution in [3.8, 4) is 0 Å². The molecule has 1 unspecified atom stereocenters. The average molecular weight is 208 g/mol. The van der Waals surface area contributed by atoms with Gasteiger partial charge in [0.15, 0.2) is 0 Å². The first-order valence-corrected chi connectivity index (χ1v) is 4.74. The molecule has 0 radical (unpaired) electrons. The number of halogens is 1. The molecule has 2 N–H and O–H groups in total. The first-order valence-electron chi connectivity index (χ1n) is 4.37. The summed E-state index contributed by atoms with van der Waals surface area (Å²) in [6.45, 7) is 8.63. The number of alkyl halides is 1. The normalized spacial score (nSPS) is 26.8. The second kappa shape index (κ2) is 4.82. The van der Waals surface area contributed by atoms with E-state index in [1.165, 1.54) is 0 Å². The molecule has 1 aliphatic heterocycles. The Morgan fingerprint density at radius 2 is 1.92 bits per heavy atom. The molecule has 13 heavy (non-hydrogen) atoms. The van der Waals surface area contributed by atoms with Crippen molar-refractivity contribution >= 4 is 17.6 Å². The standard InChI is InChI=1S/C5H9NO2.C4H9Cl/c1-3-2-6-4(3)5(7)8;1-4(2,3)5/h3-4,6H,2H2,1H3,(H,7,8);1-3H3/t3-,4?;/m0./s1. The fourth-order valence-corrected chi connectivity index (χ4v) is 0.802. The van der Waals surface area contributed by atoms with Crippen LogP contribution in [-0.4, -0.2) is 28.5 Å². The predicted molar refractivity (Wildman–Crippen MR) is 54.2 cm³/mol. The molecule has 0 amide bonds. The maximum absolute atomic E-state index is 10.1. The third kappa shape index (κ3) is 6.84. The van der Waals surface area contributed by atoms with Gasteiger partial charge in [0, 0.05) is 11.4 Å². The fourth-order valence-electron chi connectivity index (χ4n) is 0.802. The van der Waals surface area contributed by atoms with E-state index in [0.717, 1.165) is 6.54 Å². The lowest BCUT2D eigenvalue weighted by molar-refractivity contribution is -0.143. The van der Waals surface area contributed by atoms with Crippen molar-refractivity contribution in [1.82, 2.24) is 5.32 Å². The summed E-state index contributed by atoms with van der Waals surface area (Å²) in [6, 6.07) is -0.282. The summed E-state index contributed by atoms with van der Waals surface area (Å²) in [5, 5.41) is 11.1. The van der Waals surface area contributed by atoms with Gasteiger partial charge in [-0.05, 0) is 26.7 Å². The highest BCUT2D eigenvalue weighted by Gasteiger charge is 2.31. The van der Waals surface area contributed by atoms with E-state index in [4.69, 9.17) is 16.7 Å². The summed E-state index contributed by atoms with van der Waals surface area (Å²) in [5.74, 6) is -0.420. The molecule has 1 rings (SSSR count). The molecular formula is C9H18ClNO2. The molecule has 78 valence electrons. The Morgan fingerprint density at radius 3 is 1.92 bits per heavy atom. The molecular weight excluding hydrogens is 190 g/mol. The van der Waals surface area contributed by atoms with Crippen molar-refractivity contribution in [3.05, 3.63) is 0 Å². The Labute approximate surface area is 84.5 Å². The molecule has 1 aliphatic rings. The molecule has 0 bridgehead atoms. The van der Waals surface area contributed by atoms with Crippen LogP contribution in [-0.2, 0) is 4.79 Å². The minimum absolute atomic E-state index is 0.0278. The third-order valence-corrected chi connectivity index (χ3v) is 1.49. The van der Waals surface area contributed by atoms with Crippen LogP contribution in [0.15, 0.2) is 0 Å². The molecule has 1 heterocycles. The lowest BCUT2D eigenvalue weighted by atomic mass is 9.94. The number of carboxylic acid groups (broad SMARTS) is 1. The number of hydrogen-bond acceptors (Lipinski definition) is 2. The second-order valence-corrected chi connectivity index (χ2v) is 5.40. The lowest BCUT2D eigenvalue weighted by Crippen LogP contribution is -2.55. The largest absolute Gasteiger partial charge is 0.480 e. The molecule has 4 heteroatoms. The van der Waals surface area contributed by atoms with Gasteiger partial charge in [-0.25, -0.2) is 0 Å². The molecule has 0 saturated carbocycles. The molecule has 0 aromatic heterocycles. The van der Waals surface area contributed by atoms with Crippen LogP contribution in [0.2, 0.25) is 0 Å². The van der Waals surface area contributed by atoms with E-state index >= 15 is 0 Å². The summed E-state index contributed by atoms with van der Waals surface area (Å²) in [4.78, 5) is 10.1. The maximum Gasteiger partial charge on any atom is 0.321 e. The van der Waals surface area contributed by atoms with E-state index < -0.39 is 5.97 Å². The van der Waals surface area contributed by atoms with Gasteiger partial charge in [0.2, 0.25) is 0 Å². The van der Waals surface area contributed by atoms with E-state index in [1.807, 2.05) is 27.7 Å². The van der Waals surface area contributed by atoms with Crippen molar-refractivity contribution in [2.75, 3.05) is 6.54 Å². The van der Waals surface area contributed by atoms with Crippen molar-refractivity contribution < 1.29 is 9.90 Å². The van der Waals surface area contributed by atoms with Crippen LogP contribution in [0.4, 0.5) is 0 Å². The molecule has 3 nitrogen and oxygen atoms in total. The van der Waals surface area contributed by atoms with E-state index in [9.17, 15) is 4.79 Å². The number of carboxylic acids is 1. The lowest BCUT2D eigenvalue weighted by Gasteiger charge is -2.31. The second-order valence-electron chi connectivity index (χ2n) is 4.27. The van der Waals surface area contributed by atoms with Crippen LogP contribution in [0.5, 0.6) is 0 Å². The van der Waals surface area contributed by atoms with Gasteiger partial charge < -0.3 is 10.4 Å². The molecule has 0 aromatic carbocycles. The predicted octanol–water partition coefficient (Wildman–Crippen LogP) is 1.70. The number of hydrogen-bond donors (Lipinski definition) is 2. The highest BCUT2D eigenvalue weighted by molar-refractivity contribution is 6.23. The molecule has 1 fully saturated rings. The Kier molecular flexibility index (Phi) is 4.71. The molecule has 0 aliphatic carbocycles. The van der Waals surface area contributed by atoms with Gasteiger partial charge in [0.25, 0.3) is 0 Å². The van der Waals surface area contributed by atoms with Gasteiger partial charge >= 0.3 is 5.97 Å². The van der Waals surface area contributed by atoms with Crippen LogP contribution in [0.3, 0.4) is 0 Å². The zero-order valence-electron chi connectivity index (χ0n) is 8.60. The van der Waals surface area contributed by atoms with Crippen LogP contribution in [0.25, 0.3) is 0 Å². The SMILES string of the molecule is CC(C)(C)Cl.C[C@H]1CNC1C(=O)O. The van der Waals surface area contributed by atoms with E-state index in [-0.39, 0.29) is 10.9 Å². The first-order chi connectivity index (χ1) is 5.72. The number of aliphatic carboxylic acids is 1. The number of nitrogens with one attached hydrogen (secondary N) is 1. The zero-order chi connectivity index (χ0) is 10.6. The van der Waals surface area contributed by atoms with Gasteiger partial charge in [0.1, 0.15) is 6.04 Å². The quantitative estimate of drug-likeness (QED) is 0.644. The monoisotopic (exact) mass is 207 g/mol. The molecule has 1 saturated heterocycles. The van der Waals surface area contributed by atoms with Gasteiger partial charge in [-0.2, -0.15) is 0 Å². The first kappa shape index (κ1) is 12.7. The third-order valence-electron chi connectivity index (χ3n) is 1.49. The van der Waals surface area contributed by atoms with Crippen molar-refractivity contribution in [1.29, 1.82) is 0 Å². The molecule has 0 aromatic rings. The van der Waals surface area contributed by atoms with Crippen molar-refractivity contribution in [2.45, 2.75) is 38.6 Å². The summed E-state index contributed by atoms with van der Waals surface area (Å²) < 4.78 is 0. The molecule has 2 atom stereocenters. The highest BCUT2D eigenvalue weighted by atomic mass is 35.5.